The average Bonchev–Trinajstić information content (AvgIpc) is 2.42. The Labute approximate surface area is 129 Å². The van der Waals surface area contributed by atoms with Crippen molar-refractivity contribution >= 4 is 5.97 Å². The molecule has 0 saturated heterocycles. The Morgan fingerprint density at radius 1 is 1.10 bits per heavy atom. The minimum Gasteiger partial charge on any atom is -0.455 e. The predicted molar refractivity (Wildman–Crippen MR) is 84.8 cm³/mol. The Kier molecular flexibility index (Phi) is 3.70. The molecular formula is C19H30O2. The third-order valence-electron chi connectivity index (χ3n) is 6.78. The van der Waals surface area contributed by atoms with Gasteiger partial charge in [-0.1, -0.05) is 20.4 Å². The molecule has 0 amide bonds. The van der Waals surface area contributed by atoms with Crippen molar-refractivity contribution in [3.05, 3.63) is 12.2 Å². The Morgan fingerprint density at radius 2 is 1.52 bits per heavy atom. The largest absolute Gasteiger partial charge is 0.455 e. The summed E-state index contributed by atoms with van der Waals surface area (Å²) in [7, 11) is 0. The highest BCUT2D eigenvalue weighted by Gasteiger charge is 2.60. The molecule has 0 aromatic rings. The van der Waals surface area contributed by atoms with Crippen LogP contribution in [0, 0.1) is 23.2 Å². The number of rotatable bonds is 5. The van der Waals surface area contributed by atoms with Crippen molar-refractivity contribution in [3.63, 3.8) is 0 Å². The first-order valence-electron chi connectivity index (χ1n) is 8.82. The van der Waals surface area contributed by atoms with Crippen LogP contribution >= 0.6 is 0 Å². The lowest BCUT2D eigenvalue weighted by Crippen LogP contribution is -2.59. The zero-order valence-corrected chi connectivity index (χ0v) is 13.9. The second kappa shape index (κ2) is 5.14. The van der Waals surface area contributed by atoms with Crippen LogP contribution in [0.4, 0.5) is 0 Å². The van der Waals surface area contributed by atoms with Gasteiger partial charge in [-0.2, -0.15) is 0 Å². The van der Waals surface area contributed by atoms with Gasteiger partial charge in [0.2, 0.25) is 0 Å². The van der Waals surface area contributed by atoms with Gasteiger partial charge in [-0.15, -0.1) is 0 Å². The molecule has 4 rings (SSSR count). The summed E-state index contributed by atoms with van der Waals surface area (Å²) in [4.78, 5) is 12.2. The zero-order valence-electron chi connectivity index (χ0n) is 13.9. The number of esters is 1. The lowest BCUT2D eigenvalue weighted by atomic mass is 9.44. The van der Waals surface area contributed by atoms with Crippen LogP contribution in [0.2, 0.25) is 0 Å². The minimum absolute atomic E-state index is 0.186. The van der Waals surface area contributed by atoms with Crippen molar-refractivity contribution in [3.8, 4) is 0 Å². The number of ether oxygens (including phenoxy) is 1. The summed E-state index contributed by atoms with van der Waals surface area (Å²) in [5.41, 5.74) is 0.515. The van der Waals surface area contributed by atoms with Crippen LogP contribution in [0.1, 0.15) is 72.1 Å². The summed E-state index contributed by atoms with van der Waals surface area (Å²) in [6, 6.07) is 0. The topological polar surface area (TPSA) is 26.3 Å². The molecule has 4 bridgehead atoms. The molecule has 0 aromatic carbocycles. The summed E-state index contributed by atoms with van der Waals surface area (Å²) in [6.45, 7) is 9.95. The predicted octanol–water partition coefficient (Wildman–Crippen LogP) is 4.88. The van der Waals surface area contributed by atoms with E-state index in [1.54, 1.807) is 6.92 Å². The summed E-state index contributed by atoms with van der Waals surface area (Å²) in [5, 5.41) is 0. The molecule has 4 aliphatic carbocycles. The minimum atomic E-state index is -0.265. The fourth-order valence-electron chi connectivity index (χ4n) is 6.19. The number of hydrogen-bond acceptors (Lipinski definition) is 2. The van der Waals surface area contributed by atoms with Gasteiger partial charge >= 0.3 is 5.97 Å². The van der Waals surface area contributed by atoms with Crippen molar-refractivity contribution in [2.45, 2.75) is 77.7 Å². The summed E-state index contributed by atoms with van der Waals surface area (Å²) >= 11 is 0. The lowest BCUT2D eigenvalue weighted by molar-refractivity contribution is -0.208. The fourth-order valence-corrected chi connectivity index (χ4v) is 6.19. The SMILES string of the molecule is C=C(C)C(=O)OC(CC)(CC)C12CC3CC(CC(C3)C1)C2. The molecule has 118 valence electrons. The Morgan fingerprint density at radius 3 is 1.86 bits per heavy atom. The van der Waals surface area contributed by atoms with Crippen LogP contribution in [-0.4, -0.2) is 11.6 Å². The van der Waals surface area contributed by atoms with Gasteiger partial charge in [0.1, 0.15) is 5.60 Å². The Hall–Kier alpha value is -0.790. The second-order valence-electron chi connectivity index (χ2n) is 8.07. The van der Waals surface area contributed by atoms with Crippen LogP contribution in [0.25, 0.3) is 0 Å². The van der Waals surface area contributed by atoms with Gasteiger partial charge in [0.05, 0.1) is 0 Å². The van der Waals surface area contributed by atoms with Crippen molar-refractivity contribution in [2.75, 3.05) is 0 Å². The third-order valence-corrected chi connectivity index (χ3v) is 6.78. The van der Waals surface area contributed by atoms with Crippen LogP contribution in [0.15, 0.2) is 12.2 Å². The van der Waals surface area contributed by atoms with E-state index in [9.17, 15) is 4.79 Å². The van der Waals surface area contributed by atoms with Gasteiger partial charge in [0.25, 0.3) is 0 Å². The summed E-state index contributed by atoms with van der Waals surface area (Å²) in [6.07, 6.45) is 10.0. The summed E-state index contributed by atoms with van der Waals surface area (Å²) < 4.78 is 6.14. The molecule has 21 heavy (non-hydrogen) atoms. The van der Waals surface area contributed by atoms with Gasteiger partial charge in [0, 0.05) is 11.0 Å². The maximum Gasteiger partial charge on any atom is 0.333 e. The molecule has 0 unspecified atom stereocenters. The second-order valence-corrected chi connectivity index (χ2v) is 8.07. The Bertz CT molecular complexity index is 409. The fraction of sp³-hybridized carbons (Fsp3) is 0.842. The highest BCUT2D eigenvalue weighted by molar-refractivity contribution is 5.87. The van der Waals surface area contributed by atoms with Crippen molar-refractivity contribution in [2.24, 2.45) is 23.2 Å². The molecule has 2 nitrogen and oxygen atoms in total. The Balaban J connectivity index is 1.93. The van der Waals surface area contributed by atoms with E-state index in [1.165, 1.54) is 38.5 Å². The van der Waals surface area contributed by atoms with Gasteiger partial charge in [0.15, 0.2) is 0 Å². The van der Waals surface area contributed by atoms with E-state index in [2.05, 4.69) is 20.4 Å². The maximum atomic E-state index is 12.2. The van der Waals surface area contributed by atoms with E-state index >= 15 is 0 Å². The molecule has 0 atom stereocenters. The van der Waals surface area contributed by atoms with Crippen LogP contribution in [0.5, 0.6) is 0 Å². The molecule has 4 aliphatic rings. The van der Waals surface area contributed by atoms with Gasteiger partial charge < -0.3 is 4.74 Å². The van der Waals surface area contributed by atoms with E-state index in [4.69, 9.17) is 4.74 Å². The first kappa shape index (κ1) is 15.1. The molecule has 2 heteroatoms. The molecule has 0 N–H and O–H groups in total. The van der Waals surface area contributed by atoms with Crippen LogP contribution < -0.4 is 0 Å². The molecule has 4 fully saturated rings. The maximum absolute atomic E-state index is 12.2. The number of carbonyl (C=O) groups is 1. The standard InChI is InChI=1S/C19H30O2/c1-5-19(6-2,21-17(20)13(3)4)18-10-14-7-15(11-18)9-16(8-14)12-18/h14-16H,3,5-12H2,1-2,4H3. The molecule has 0 heterocycles. The molecule has 0 aromatic heterocycles. The average molecular weight is 290 g/mol. The van der Waals surface area contributed by atoms with E-state index in [-0.39, 0.29) is 17.0 Å². The van der Waals surface area contributed by atoms with Crippen molar-refractivity contribution in [1.29, 1.82) is 0 Å². The smallest absolute Gasteiger partial charge is 0.333 e. The van der Waals surface area contributed by atoms with Crippen LogP contribution in [0.3, 0.4) is 0 Å². The van der Waals surface area contributed by atoms with Gasteiger partial charge in [-0.05, 0) is 76.0 Å². The normalized spacial score (nSPS) is 37.6. The first-order valence-corrected chi connectivity index (χ1v) is 8.82. The van der Waals surface area contributed by atoms with Crippen molar-refractivity contribution in [1.82, 2.24) is 0 Å². The van der Waals surface area contributed by atoms with E-state index in [0.29, 0.717) is 5.57 Å². The molecule has 0 radical (unpaired) electrons. The zero-order chi connectivity index (χ0) is 15.3. The van der Waals surface area contributed by atoms with E-state index in [0.717, 1.165) is 30.6 Å². The lowest BCUT2D eigenvalue weighted by Gasteiger charge is -2.63. The van der Waals surface area contributed by atoms with Gasteiger partial charge in [-0.3, -0.25) is 0 Å². The third kappa shape index (κ3) is 2.26. The number of carbonyl (C=O) groups excluding carboxylic acids is 1. The number of hydrogen-bond donors (Lipinski definition) is 0. The van der Waals surface area contributed by atoms with E-state index in [1.807, 2.05) is 0 Å². The monoisotopic (exact) mass is 290 g/mol. The highest BCUT2D eigenvalue weighted by Crippen LogP contribution is 2.65. The quantitative estimate of drug-likeness (QED) is 0.533. The molecule has 4 saturated carbocycles. The highest BCUT2D eigenvalue weighted by atomic mass is 16.6. The van der Waals surface area contributed by atoms with E-state index < -0.39 is 0 Å². The summed E-state index contributed by atoms with van der Waals surface area (Å²) in [5.74, 6) is 2.47. The first-order chi connectivity index (χ1) is 9.93. The van der Waals surface area contributed by atoms with Gasteiger partial charge in [-0.25, -0.2) is 4.79 Å². The molecule has 0 spiro atoms. The van der Waals surface area contributed by atoms with Crippen LogP contribution in [-0.2, 0) is 9.53 Å². The molecule has 0 aliphatic heterocycles. The molecular weight excluding hydrogens is 260 g/mol. The van der Waals surface area contributed by atoms with Crippen molar-refractivity contribution < 1.29 is 9.53 Å².